The van der Waals surface area contributed by atoms with Crippen molar-refractivity contribution < 1.29 is 55.5 Å². The number of phosphoric acid groups is 2. The maximum Gasteiger partial charge on any atom is 0.475 e. The minimum absolute atomic E-state index is 0.0814. The van der Waals surface area contributed by atoms with Crippen molar-refractivity contribution in [2.45, 2.75) is 6.29 Å². The summed E-state index contributed by atoms with van der Waals surface area (Å²) in [5.41, 5.74) is 0. The number of carbonyl (C=O) groups excluding carboxylic acids is 1. The summed E-state index contributed by atoms with van der Waals surface area (Å²) in [6.07, 6.45) is -1.02. The molecule has 0 bridgehead atoms. The summed E-state index contributed by atoms with van der Waals surface area (Å²) in [6.45, 7) is 2.97. The summed E-state index contributed by atoms with van der Waals surface area (Å²) in [5, 5.41) is 0. The van der Waals surface area contributed by atoms with Crippen LogP contribution in [0.5, 0.6) is 0 Å². The second-order valence-corrected chi connectivity index (χ2v) is 11.0. The predicted molar refractivity (Wildman–Crippen MR) is 104 cm³/mol. The Balaban J connectivity index is 4.83. The fourth-order valence-electron chi connectivity index (χ4n) is 1.50. The number of nitrogens with zero attached hydrogens (tertiary/aromatic N) is 2. The predicted octanol–water partition coefficient (Wildman–Crippen LogP) is 0.721. The molecule has 29 heavy (non-hydrogen) atoms. The highest BCUT2D eigenvalue weighted by Gasteiger charge is 2.32. The summed E-state index contributed by atoms with van der Waals surface area (Å²) in [6, 6.07) is 0. The average Bonchev–Trinajstić information content (AvgIpc) is 2.49. The van der Waals surface area contributed by atoms with Crippen LogP contribution < -0.4 is 0 Å². The van der Waals surface area contributed by atoms with Gasteiger partial charge < -0.3 is 23.5 Å². The second kappa shape index (κ2) is 11.7. The van der Waals surface area contributed by atoms with E-state index in [0.29, 0.717) is 22.1 Å². The normalized spacial score (nSPS) is 17.8. The van der Waals surface area contributed by atoms with Gasteiger partial charge in [-0.25, -0.2) is 18.4 Å². The highest BCUT2D eigenvalue weighted by molar-refractivity contribution is 7.47. The van der Waals surface area contributed by atoms with Gasteiger partial charge >= 0.3 is 21.6 Å². The largest absolute Gasteiger partial charge is 0.475 e. The summed E-state index contributed by atoms with van der Waals surface area (Å²) >= 11 is 0. The summed E-state index contributed by atoms with van der Waals surface area (Å²) in [7, 11) is 1.99. The highest BCUT2D eigenvalue weighted by Crippen LogP contribution is 2.47. The van der Waals surface area contributed by atoms with E-state index in [1.54, 1.807) is 0 Å². The Kier molecular flexibility index (Phi) is 11.4. The molecule has 0 heterocycles. The monoisotopic (exact) mass is 464 g/mol. The Bertz CT molecular complexity index is 630. The molecule has 0 saturated carbocycles. The summed E-state index contributed by atoms with van der Waals surface area (Å²) in [4.78, 5) is 30.9. The van der Waals surface area contributed by atoms with Gasteiger partial charge in [0.25, 0.3) is 0 Å². The van der Waals surface area contributed by atoms with Crippen LogP contribution in [0.1, 0.15) is 0 Å². The van der Waals surface area contributed by atoms with Crippen molar-refractivity contribution in [2.75, 3.05) is 75.2 Å². The van der Waals surface area contributed by atoms with E-state index in [0.717, 1.165) is 6.08 Å². The van der Waals surface area contributed by atoms with Gasteiger partial charge in [-0.2, -0.15) is 0 Å². The lowest BCUT2D eigenvalue weighted by atomic mass is 10.5. The summed E-state index contributed by atoms with van der Waals surface area (Å²) in [5.74, 6) is -0.997. The van der Waals surface area contributed by atoms with Gasteiger partial charge in [0.05, 0.1) is 42.3 Å². The number of hydrogen-bond acceptors (Lipinski definition) is 8. The third-order valence-corrected chi connectivity index (χ3v) is 5.07. The fraction of sp³-hybridized carbons (Fsp3) is 0.800. The first-order valence-electron chi connectivity index (χ1n) is 8.66. The number of carbonyl (C=O) groups is 1. The molecular weight excluding hydrogens is 430 g/mol. The molecule has 0 amide bonds. The number of rotatable bonds is 15. The molecule has 0 radical (unpaired) electrons. The molecule has 0 aromatic heterocycles. The molecule has 12 nitrogen and oxygen atoms in total. The smallest absolute Gasteiger partial charge is 0.429 e. The molecule has 0 aromatic rings. The number of quaternary nitrogens is 2. The van der Waals surface area contributed by atoms with Crippen LogP contribution in [0.3, 0.4) is 0 Å². The van der Waals surface area contributed by atoms with Crippen molar-refractivity contribution in [3.05, 3.63) is 12.7 Å². The van der Waals surface area contributed by atoms with Crippen LogP contribution in [-0.2, 0) is 36.8 Å². The SMILES string of the molecule is C=CC(=O)OC(COP(=O)(O)OCC[N+](C)(C)C)OP(=O)(O)OCC[N+](C)(C)C. The zero-order valence-electron chi connectivity index (χ0n) is 17.8. The first-order chi connectivity index (χ1) is 12.9. The molecule has 0 aliphatic heterocycles. The van der Waals surface area contributed by atoms with E-state index < -0.39 is 34.5 Å². The van der Waals surface area contributed by atoms with Gasteiger partial charge in [-0.15, -0.1) is 0 Å². The molecule has 0 fully saturated rings. The Morgan fingerprint density at radius 1 is 0.931 bits per heavy atom. The number of esters is 1. The molecule has 0 rings (SSSR count). The van der Waals surface area contributed by atoms with Gasteiger partial charge in [0, 0.05) is 6.08 Å². The van der Waals surface area contributed by atoms with Crippen molar-refractivity contribution in [3.63, 3.8) is 0 Å². The molecule has 0 aliphatic rings. The fourth-order valence-corrected chi connectivity index (χ4v) is 2.97. The molecule has 0 aromatic carbocycles. The first kappa shape index (κ1) is 28.4. The van der Waals surface area contributed by atoms with Crippen LogP contribution in [0.15, 0.2) is 12.7 Å². The lowest BCUT2D eigenvalue weighted by Crippen LogP contribution is -2.37. The van der Waals surface area contributed by atoms with E-state index in [4.69, 9.17) is 22.8 Å². The second-order valence-electron chi connectivity index (χ2n) is 8.10. The van der Waals surface area contributed by atoms with E-state index in [2.05, 4.69) is 6.58 Å². The quantitative estimate of drug-likeness (QED) is 0.117. The standard InChI is InChI=1S/C15H32N2O10P2/c1-8-14(18)26-15(27-29(21,22)24-12-10-17(5,6)7)13-25-28(19,20)23-11-9-16(2,3)4/h8,15H,1,9-13H2,2-7H3/p+2. The van der Waals surface area contributed by atoms with Gasteiger partial charge in [0.15, 0.2) is 0 Å². The van der Waals surface area contributed by atoms with E-state index in [9.17, 15) is 23.7 Å². The Hall–Kier alpha value is -0.650. The van der Waals surface area contributed by atoms with Crippen LogP contribution in [0.2, 0.25) is 0 Å². The van der Waals surface area contributed by atoms with Crippen LogP contribution >= 0.6 is 15.6 Å². The van der Waals surface area contributed by atoms with Crippen molar-refractivity contribution in [2.24, 2.45) is 0 Å². The van der Waals surface area contributed by atoms with Crippen LogP contribution in [0, 0.1) is 0 Å². The third kappa shape index (κ3) is 16.8. The number of likely N-dealkylation sites (N-methyl/N-ethyl adjacent to an activating group) is 2. The Labute approximate surface area is 172 Å². The van der Waals surface area contributed by atoms with Crippen molar-refractivity contribution in [1.29, 1.82) is 0 Å². The maximum atomic E-state index is 12.1. The molecule has 3 atom stereocenters. The van der Waals surface area contributed by atoms with Crippen LogP contribution in [-0.4, -0.2) is 106 Å². The van der Waals surface area contributed by atoms with Crippen LogP contribution in [0.4, 0.5) is 0 Å². The van der Waals surface area contributed by atoms with Gasteiger partial charge in [-0.3, -0.25) is 13.6 Å². The number of phosphoric ester groups is 2. The molecule has 0 aliphatic carbocycles. The first-order valence-corrected chi connectivity index (χ1v) is 11.7. The molecule has 0 spiro atoms. The number of ether oxygens (including phenoxy) is 1. The van der Waals surface area contributed by atoms with Crippen LogP contribution in [0.25, 0.3) is 0 Å². The zero-order valence-corrected chi connectivity index (χ0v) is 19.6. The van der Waals surface area contributed by atoms with Gasteiger partial charge in [-0.1, -0.05) is 6.58 Å². The van der Waals surface area contributed by atoms with Gasteiger partial charge in [0.2, 0.25) is 6.29 Å². The third-order valence-electron chi connectivity index (χ3n) is 3.07. The topological polar surface area (TPSA) is 138 Å². The summed E-state index contributed by atoms with van der Waals surface area (Å²) < 4.78 is 48.8. The van der Waals surface area contributed by atoms with Gasteiger partial charge in [-0.05, 0) is 0 Å². The van der Waals surface area contributed by atoms with Crippen molar-refractivity contribution >= 4 is 21.6 Å². The molecule has 3 unspecified atom stereocenters. The highest BCUT2D eigenvalue weighted by atomic mass is 31.2. The van der Waals surface area contributed by atoms with E-state index >= 15 is 0 Å². The lowest BCUT2D eigenvalue weighted by Gasteiger charge is -2.25. The number of hydrogen-bond donors (Lipinski definition) is 2. The zero-order chi connectivity index (χ0) is 22.9. The minimum Gasteiger partial charge on any atom is -0.429 e. The molecular formula is C15H34N2O10P2+2. The molecule has 14 heteroatoms. The molecule has 172 valence electrons. The Morgan fingerprint density at radius 2 is 1.38 bits per heavy atom. The molecule has 0 saturated heterocycles. The van der Waals surface area contributed by atoms with Crippen molar-refractivity contribution in [3.8, 4) is 0 Å². The maximum absolute atomic E-state index is 12.1. The molecule has 2 N–H and O–H groups in total. The Morgan fingerprint density at radius 3 is 1.79 bits per heavy atom. The van der Waals surface area contributed by atoms with E-state index in [-0.39, 0.29) is 13.2 Å². The van der Waals surface area contributed by atoms with E-state index in [1.807, 2.05) is 42.3 Å². The van der Waals surface area contributed by atoms with Gasteiger partial charge in [0.1, 0.15) is 32.9 Å². The van der Waals surface area contributed by atoms with Crippen molar-refractivity contribution in [1.82, 2.24) is 0 Å². The minimum atomic E-state index is -4.64. The van der Waals surface area contributed by atoms with E-state index in [1.165, 1.54) is 0 Å². The lowest BCUT2D eigenvalue weighted by molar-refractivity contribution is -0.870. The average molecular weight is 464 g/mol.